The topological polar surface area (TPSA) is 79.3 Å². The van der Waals surface area contributed by atoms with Crippen LogP contribution in [0.5, 0.6) is 0 Å². The third-order valence-electron chi connectivity index (χ3n) is 3.70. The van der Waals surface area contributed by atoms with E-state index >= 15 is 0 Å². The largest absolute Gasteiger partial charge is 0.478 e. The van der Waals surface area contributed by atoms with Gasteiger partial charge in [0.05, 0.1) is 11.6 Å². The summed E-state index contributed by atoms with van der Waals surface area (Å²) < 4.78 is 37.9. The molecule has 5 nitrogen and oxygen atoms in total. The number of aryl methyl sites for hydroxylation is 1. The number of amides is 1. The van der Waals surface area contributed by atoms with Crippen LogP contribution in [0.2, 0.25) is 0 Å². The lowest BCUT2D eigenvalue weighted by atomic mass is 10.1. The van der Waals surface area contributed by atoms with Crippen molar-refractivity contribution in [1.82, 2.24) is 10.3 Å². The highest BCUT2D eigenvalue weighted by Gasteiger charge is 2.34. The molecule has 0 aliphatic carbocycles. The molecule has 1 unspecified atom stereocenters. The van der Waals surface area contributed by atoms with Crippen LogP contribution in [0.1, 0.15) is 52.4 Å². The van der Waals surface area contributed by atoms with E-state index in [1.807, 2.05) is 0 Å². The van der Waals surface area contributed by atoms with Gasteiger partial charge in [-0.3, -0.25) is 4.79 Å². The van der Waals surface area contributed by atoms with E-state index in [-0.39, 0.29) is 22.9 Å². The average Bonchev–Trinajstić information content (AvgIpc) is 3.08. The fourth-order valence-corrected chi connectivity index (χ4v) is 3.21. The minimum atomic E-state index is -4.50. The third-order valence-corrected chi connectivity index (χ3v) is 4.65. The molecule has 0 fully saturated rings. The van der Waals surface area contributed by atoms with E-state index in [1.54, 1.807) is 19.1 Å². The molecule has 0 bridgehead atoms. The van der Waals surface area contributed by atoms with Crippen molar-refractivity contribution in [3.05, 3.63) is 51.5 Å². The number of aromatic carboxylic acids is 1. The van der Waals surface area contributed by atoms with Gasteiger partial charge in [-0.15, -0.1) is 11.3 Å². The van der Waals surface area contributed by atoms with E-state index in [4.69, 9.17) is 5.11 Å². The van der Waals surface area contributed by atoms with Crippen molar-refractivity contribution in [2.75, 3.05) is 0 Å². The van der Waals surface area contributed by atoms with Gasteiger partial charge in [0.2, 0.25) is 5.91 Å². The number of hydrogen-bond donors (Lipinski definition) is 2. The van der Waals surface area contributed by atoms with Crippen molar-refractivity contribution >= 4 is 23.2 Å². The van der Waals surface area contributed by atoms with Gasteiger partial charge in [-0.2, -0.15) is 13.2 Å². The fourth-order valence-electron chi connectivity index (χ4n) is 2.25. The number of benzene rings is 1. The molecule has 1 atom stereocenters. The summed E-state index contributed by atoms with van der Waals surface area (Å²) >= 11 is 0.868. The van der Waals surface area contributed by atoms with Gasteiger partial charge < -0.3 is 10.4 Å². The number of carbonyl (C=O) groups excluding carboxylic acids is 1. The molecule has 1 heterocycles. The zero-order valence-corrected chi connectivity index (χ0v) is 14.7. The maximum Gasteiger partial charge on any atom is 0.434 e. The lowest BCUT2D eigenvalue weighted by molar-refractivity contribution is -0.140. The number of nitrogens with one attached hydrogen (secondary N) is 1. The first kappa shape index (κ1) is 19.9. The molecule has 1 aromatic heterocycles. The molecular formula is C17H17F3N2O3S. The summed E-state index contributed by atoms with van der Waals surface area (Å²) in [5, 5.41) is 12.7. The predicted octanol–water partition coefficient (Wildman–Crippen LogP) is 4.06. The predicted molar refractivity (Wildman–Crippen MR) is 90.0 cm³/mol. The Kier molecular flexibility index (Phi) is 6.36. The number of carbonyl (C=O) groups is 2. The smallest absolute Gasteiger partial charge is 0.434 e. The van der Waals surface area contributed by atoms with Crippen LogP contribution in [-0.4, -0.2) is 22.0 Å². The third kappa shape index (κ3) is 5.29. The number of carboxylic acid groups (broad SMARTS) is 1. The zero-order valence-electron chi connectivity index (χ0n) is 13.8. The van der Waals surface area contributed by atoms with Crippen LogP contribution in [0.25, 0.3) is 0 Å². The molecule has 0 saturated heterocycles. The molecule has 2 N–H and O–H groups in total. The van der Waals surface area contributed by atoms with Gasteiger partial charge in [0.1, 0.15) is 5.01 Å². The Labute approximate surface area is 151 Å². The Morgan fingerprint density at radius 3 is 2.42 bits per heavy atom. The van der Waals surface area contributed by atoms with E-state index in [0.29, 0.717) is 12.8 Å². The summed E-state index contributed by atoms with van der Waals surface area (Å²) in [5.74, 6) is -1.33. The number of thiazole rings is 1. The number of aromatic nitrogens is 1. The van der Waals surface area contributed by atoms with Crippen molar-refractivity contribution in [3.8, 4) is 0 Å². The minimum absolute atomic E-state index is 0.139. The van der Waals surface area contributed by atoms with Crippen LogP contribution in [-0.2, 0) is 17.4 Å². The lowest BCUT2D eigenvalue weighted by Crippen LogP contribution is -2.28. The van der Waals surface area contributed by atoms with Gasteiger partial charge in [-0.1, -0.05) is 19.1 Å². The van der Waals surface area contributed by atoms with E-state index < -0.39 is 23.9 Å². The summed E-state index contributed by atoms with van der Waals surface area (Å²) in [5.41, 5.74) is 0.00371. The summed E-state index contributed by atoms with van der Waals surface area (Å²) in [6.07, 6.45) is -3.54. The Hall–Kier alpha value is -2.42. The summed E-state index contributed by atoms with van der Waals surface area (Å²) in [6.45, 7) is 1.75. The van der Waals surface area contributed by atoms with E-state index in [0.717, 1.165) is 22.3 Å². The SMILES string of the molecule is CCC(NC(=O)CCc1ccc(C(=O)O)cc1)c1nc(C(F)(F)F)cs1. The minimum Gasteiger partial charge on any atom is -0.478 e. The molecule has 1 amide bonds. The molecule has 2 rings (SSSR count). The van der Waals surface area contributed by atoms with Crippen molar-refractivity contribution in [2.24, 2.45) is 0 Å². The monoisotopic (exact) mass is 386 g/mol. The van der Waals surface area contributed by atoms with E-state index in [2.05, 4.69) is 10.3 Å². The summed E-state index contributed by atoms with van der Waals surface area (Å²) in [6, 6.07) is 5.60. The first-order valence-electron chi connectivity index (χ1n) is 7.85. The molecule has 0 aliphatic heterocycles. The standard InChI is InChI=1S/C17H17F3N2O3S/c1-2-12(15-22-13(9-26-15)17(18,19)20)21-14(23)8-5-10-3-6-11(7-4-10)16(24)25/h3-4,6-7,9,12H,2,5,8H2,1H3,(H,21,23)(H,24,25). The first-order chi connectivity index (χ1) is 12.2. The number of alkyl halides is 3. The van der Waals surface area contributed by atoms with Gasteiger partial charge in [0.15, 0.2) is 5.69 Å². The quantitative estimate of drug-likeness (QED) is 0.752. The van der Waals surface area contributed by atoms with Crippen LogP contribution in [0.3, 0.4) is 0 Å². The Morgan fingerprint density at radius 2 is 1.92 bits per heavy atom. The molecule has 2 aromatic rings. The molecule has 26 heavy (non-hydrogen) atoms. The molecule has 9 heteroatoms. The molecule has 0 saturated carbocycles. The average molecular weight is 386 g/mol. The Balaban J connectivity index is 1.92. The van der Waals surface area contributed by atoms with Gasteiger partial charge in [0, 0.05) is 11.8 Å². The zero-order chi connectivity index (χ0) is 19.3. The van der Waals surface area contributed by atoms with Crippen LogP contribution >= 0.6 is 11.3 Å². The lowest BCUT2D eigenvalue weighted by Gasteiger charge is -2.14. The van der Waals surface area contributed by atoms with Gasteiger partial charge in [-0.05, 0) is 30.5 Å². The van der Waals surface area contributed by atoms with E-state index in [9.17, 15) is 22.8 Å². The molecule has 1 aromatic carbocycles. The highest BCUT2D eigenvalue weighted by molar-refractivity contribution is 7.09. The first-order valence-corrected chi connectivity index (χ1v) is 8.73. The van der Waals surface area contributed by atoms with Crippen LogP contribution in [0, 0.1) is 0 Å². The Morgan fingerprint density at radius 1 is 1.27 bits per heavy atom. The maximum atomic E-state index is 12.6. The van der Waals surface area contributed by atoms with Crippen molar-refractivity contribution in [1.29, 1.82) is 0 Å². The maximum absolute atomic E-state index is 12.6. The van der Waals surface area contributed by atoms with Gasteiger partial charge >= 0.3 is 12.1 Å². The molecule has 140 valence electrons. The van der Waals surface area contributed by atoms with Crippen molar-refractivity contribution in [3.63, 3.8) is 0 Å². The second-order valence-corrected chi connectivity index (χ2v) is 6.49. The fraction of sp³-hybridized carbons (Fsp3) is 0.353. The van der Waals surface area contributed by atoms with Crippen molar-refractivity contribution < 1.29 is 27.9 Å². The second-order valence-electron chi connectivity index (χ2n) is 5.60. The van der Waals surface area contributed by atoms with Gasteiger partial charge in [-0.25, -0.2) is 9.78 Å². The molecular weight excluding hydrogens is 369 g/mol. The van der Waals surface area contributed by atoms with Crippen LogP contribution in [0.15, 0.2) is 29.6 Å². The number of carboxylic acids is 1. The molecule has 0 spiro atoms. The highest BCUT2D eigenvalue weighted by Crippen LogP contribution is 2.32. The summed E-state index contributed by atoms with van der Waals surface area (Å²) in [4.78, 5) is 26.5. The molecule has 0 radical (unpaired) electrons. The van der Waals surface area contributed by atoms with Crippen LogP contribution in [0.4, 0.5) is 13.2 Å². The summed E-state index contributed by atoms with van der Waals surface area (Å²) in [7, 11) is 0. The second kappa shape index (κ2) is 8.31. The number of hydrogen-bond acceptors (Lipinski definition) is 4. The number of rotatable bonds is 7. The van der Waals surface area contributed by atoms with Crippen LogP contribution < -0.4 is 5.32 Å². The normalized spacial score (nSPS) is 12.6. The van der Waals surface area contributed by atoms with Gasteiger partial charge in [0.25, 0.3) is 0 Å². The van der Waals surface area contributed by atoms with Crippen molar-refractivity contribution in [2.45, 2.75) is 38.4 Å². The Bertz CT molecular complexity index is 772. The number of halogens is 3. The number of nitrogens with zero attached hydrogens (tertiary/aromatic N) is 1. The highest BCUT2D eigenvalue weighted by atomic mass is 32.1. The molecule has 0 aliphatic rings. The van der Waals surface area contributed by atoms with E-state index in [1.165, 1.54) is 12.1 Å².